The minimum atomic E-state index is -1.38. The summed E-state index contributed by atoms with van der Waals surface area (Å²) in [4.78, 5) is 37.5. The van der Waals surface area contributed by atoms with Gasteiger partial charge in [-0.2, -0.15) is 0 Å². The van der Waals surface area contributed by atoms with Gasteiger partial charge in [0.15, 0.2) is 17.3 Å². The van der Waals surface area contributed by atoms with Crippen molar-refractivity contribution in [3.8, 4) is 5.69 Å². The second-order valence-corrected chi connectivity index (χ2v) is 7.85. The number of carbonyl (C=O) groups is 1. The highest BCUT2D eigenvalue weighted by molar-refractivity contribution is 5.94. The van der Waals surface area contributed by atoms with Crippen LogP contribution in [0.25, 0.3) is 27.6 Å². The summed E-state index contributed by atoms with van der Waals surface area (Å²) in [6, 6.07) is 10.2. The number of likely N-dealkylation sites (N-methyl/N-ethyl adjacent to an activating group) is 1. The van der Waals surface area contributed by atoms with E-state index in [0.29, 0.717) is 24.3 Å². The van der Waals surface area contributed by atoms with Crippen molar-refractivity contribution < 1.29 is 14.3 Å². The number of benzene rings is 1. The molecule has 0 saturated carbocycles. The molecule has 0 bridgehead atoms. The lowest BCUT2D eigenvalue weighted by atomic mass is 10.1. The fourth-order valence-electron chi connectivity index (χ4n) is 4.09. The molecule has 0 spiro atoms. The van der Waals surface area contributed by atoms with Gasteiger partial charge in [0.25, 0.3) is 0 Å². The molecule has 0 radical (unpaired) electrons. The highest BCUT2D eigenvalue weighted by Crippen LogP contribution is 2.27. The molecule has 8 nitrogen and oxygen atoms in total. The van der Waals surface area contributed by atoms with Gasteiger partial charge in [-0.05, 0) is 37.4 Å². The van der Waals surface area contributed by atoms with Gasteiger partial charge in [-0.3, -0.25) is 14.3 Å². The molecule has 0 amide bonds. The quantitative estimate of drug-likeness (QED) is 0.531. The standard InChI is InChI=1S/C23H20FN5O3/c1-27-8-10-28(11-9-27)22-17(24)12-15-20(30)16(23(31)32)13-29(21(15)26-22)19-6-2-5-18-14(19)4-3-7-25-18/h2-7,12-13H,8-11H2,1H3,(H,31,32). The number of anilines is 1. The van der Waals surface area contributed by atoms with Crippen LogP contribution in [0.15, 0.2) is 53.6 Å². The molecule has 5 rings (SSSR count). The van der Waals surface area contributed by atoms with Crippen molar-refractivity contribution in [2.45, 2.75) is 0 Å². The maximum Gasteiger partial charge on any atom is 0.341 e. The summed E-state index contributed by atoms with van der Waals surface area (Å²) < 4.78 is 16.6. The summed E-state index contributed by atoms with van der Waals surface area (Å²) in [5, 5.41) is 10.3. The SMILES string of the molecule is CN1CCN(c2nc3c(cc2F)c(=O)c(C(=O)O)cn3-c2cccc3ncccc23)CC1. The van der Waals surface area contributed by atoms with Crippen LogP contribution in [0, 0.1) is 5.82 Å². The molecular formula is C23H20FN5O3. The van der Waals surface area contributed by atoms with E-state index < -0.39 is 22.8 Å². The number of aromatic carboxylic acids is 1. The van der Waals surface area contributed by atoms with E-state index in [9.17, 15) is 14.7 Å². The van der Waals surface area contributed by atoms with Crippen LogP contribution in [0.1, 0.15) is 10.4 Å². The van der Waals surface area contributed by atoms with Crippen LogP contribution in [0.3, 0.4) is 0 Å². The van der Waals surface area contributed by atoms with Gasteiger partial charge in [-0.15, -0.1) is 0 Å². The maximum atomic E-state index is 15.1. The molecule has 1 aliphatic rings. The summed E-state index contributed by atoms with van der Waals surface area (Å²) in [6.07, 6.45) is 2.92. The number of hydrogen-bond acceptors (Lipinski definition) is 6. The smallest absolute Gasteiger partial charge is 0.341 e. The molecule has 32 heavy (non-hydrogen) atoms. The number of halogens is 1. The van der Waals surface area contributed by atoms with Gasteiger partial charge in [-0.1, -0.05) is 6.07 Å². The second-order valence-electron chi connectivity index (χ2n) is 7.85. The topological polar surface area (TPSA) is 91.6 Å². The maximum absolute atomic E-state index is 15.1. The number of carboxylic acid groups (broad SMARTS) is 1. The lowest BCUT2D eigenvalue weighted by Gasteiger charge is -2.33. The van der Waals surface area contributed by atoms with Crippen LogP contribution in [0.4, 0.5) is 10.2 Å². The van der Waals surface area contributed by atoms with Crippen molar-refractivity contribution in [1.82, 2.24) is 19.4 Å². The van der Waals surface area contributed by atoms with Gasteiger partial charge in [-0.25, -0.2) is 14.2 Å². The monoisotopic (exact) mass is 433 g/mol. The number of nitrogens with zero attached hydrogens (tertiary/aromatic N) is 5. The molecule has 1 fully saturated rings. The average Bonchev–Trinajstić information content (AvgIpc) is 2.79. The summed E-state index contributed by atoms with van der Waals surface area (Å²) in [7, 11) is 2.00. The Morgan fingerprint density at radius 3 is 2.62 bits per heavy atom. The van der Waals surface area contributed by atoms with Crippen molar-refractivity contribution in [2.75, 3.05) is 38.1 Å². The Bertz CT molecular complexity index is 1420. The van der Waals surface area contributed by atoms with E-state index in [4.69, 9.17) is 0 Å². The first kappa shape index (κ1) is 20.1. The van der Waals surface area contributed by atoms with Crippen molar-refractivity contribution in [3.05, 3.63) is 70.4 Å². The Labute approximate surface area is 182 Å². The molecule has 1 aliphatic heterocycles. The van der Waals surface area contributed by atoms with Crippen molar-refractivity contribution >= 4 is 33.7 Å². The summed E-state index contributed by atoms with van der Waals surface area (Å²) in [5.41, 5.74) is 0.290. The third-order valence-electron chi connectivity index (χ3n) is 5.83. The van der Waals surface area contributed by atoms with Gasteiger partial charge < -0.3 is 14.9 Å². The third kappa shape index (κ3) is 3.27. The normalized spacial score (nSPS) is 14.9. The Morgan fingerprint density at radius 2 is 1.88 bits per heavy atom. The lowest BCUT2D eigenvalue weighted by molar-refractivity contribution is 0.0695. The largest absolute Gasteiger partial charge is 0.477 e. The highest BCUT2D eigenvalue weighted by Gasteiger charge is 2.23. The van der Waals surface area contributed by atoms with Crippen molar-refractivity contribution in [1.29, 1.82) is 0 Å². The van der Waals surface area contributed by atoms with Crippen LogP contribution in [-0.2, 0) is 0 Å². The molecule has 3 aromatic heterocycles. The van der Waals surface area contributed by atoms with Gasteiger partial charge in [0.2, 0.25) is 5.43 Å². The summed E-state index contributed by atoms with van der Waals surface area (Å²) >= 11 is 0. The summed E-state index contributed by atoms with van der Waals surface area (Å²) in [6.45, 7) is 2.72. The molecule has 0 unspecified atom stereocenters. The van der Waals surface area contributed by atoms with E-state index >= 15 is 4.39 Å². The molecule has 9 heteroatoms. The predicted octanol–water partition coefficient (Wildman–Crippen LogP) is 2.52. The van der Waals surface area contributed by atoms with E-state index in [0.717, 1.165) is 24.5 Å². The lowest BCUT2D eigenvalue weighted by Crippen LogP contribution is -2.45. The fourth-order valence-corrected chi connectivity index (χ4v) is 4.09. The molecule has 4 heterocycles. The first-order chi connectivity index (χ1) is 15.4. The molecule has 0 atom stereocenters. The van der Waals surface area contributed by atoms with Gasteiger partial charge in [0.05, 0.1) is 16.6 Å². The fraction of sp³-hybridized carbons (Fsp3) is 0.217. The van der Waals surface area contributed by atoms with Crippen LogP contribution in [0.2, 0.25) is 0 Å². The molecule has 1 aromatic carbocycles. The number of rotatable bonds is 3. The minimum absolute atomic E-state index is 0.0822. The van der Waals surface area contributed by atoms with Crippen molar-refractivity contribution in [3.63, 3.8) is 0 Å². The molecular weight excluding hydrogens is 413 g/mol. The zero-order chi connectivity index (χ0) is 22.4. The molecule has 1 saturated heterocycles. The van der Waals surface area contributed by atoms with Crippen LogP contribution in [-0.4, -0.2) is 63.7 Å². The first-order valence-corrected chi connectivity index (χ1v) is 10.2. The van der Waals surface area contributed by atoms with Crippen LogP contribution in [0.5, 0.6) is 0 Å². The number of piperazine rings is 1. The van der Waals surface area contributed by atoms with Gasteiger partial charge >= 0.3 is 5.97 Å². The first-order valence-electron chi connectivity index (χ1n) is 10.2. The minimum Gasteiger partial charge on any atom is -0.477 e. The summed E-state index contributed by atoms with van der Waals surface area (Å²) in [5.74, 6) is -1.87. The third-order valence-corrected chi connectivity index (χ3v) is 5.83. The van der Waals surface area contributed by atoms with E-state index in [1.165, 1.54) is 6.20 Å². The molecule has 0 aliphatic carbocycles. The second kappa shape index (κ2) is 7.69. The number of aromatic nitrogens is 3. The number of fused-ring (bicyclic) bond motifs is 2. The zero-order valence-corrected chi connectivity index (χ0v) is 17.3. The van der Waals surface area contributed by atoms with Crippen LogP contribution >= 0.6 is 0 Å². The Kier molecular flexibility index (Phi) is 4.82. The van der Waals surface area contributed by atoms with E-state index in [1.54, 1.807) is 29.0 Å². The average molecular weight is 433 g/mol. The predicted molar refractivity (Wildman–Crippen MR) is 119 cm³/mol. The van der Waals surface area contributed by atoms with E-state index in [1.807, 2.05) is 24.1 Å². The zero-order valence-electron chi connectivity index (χ0n) is 17.3. The Hall–Kier alpha value is -3.85. The Morgan fingerprint density at radius 1 is 1.09 bits per heavy atom. The number of pyridine rings is 3. The molecule has 4 aromatic rings. The van der Waals surface area contributed by atoms with Gasteiger partial charge in [0.1, 0.15) is 5.56 Å². The molecule has 1 N–H and O–H groups in total. The molecule has 162 valence electrons. The number of hydrogen-bond donors (Lipinski definition) is 1. The highest BCUT2D eigenvalue weighted by atomic mass is 19.1. The van der Waals surface area contributed by atoms with E-state index in [2.05, 4.69) is 14.9 Å². The van der Waals surface area contributed by atoms with Crippen LogP contribution < -0.4 is 10.3 Å². The number of carboxylic acids is 1. The van der Waals surface area contributed by atoms with Gasteiger partial charge in [0, 0.05) is 44.0 Å². The Balaban J connectivity index is 1.82. The van der Waals surface area contributed by atoms with E-state index in [-0.39, 0.29) is 16.9 Å². The van der Waals surface area contributed by atoms with Crippen molar-refractivity contribution in [2.24, 2.45) is 0 Å².